The molecule has 0 saturated heterocycles. The number of aromatic nitrogens is 1. The lowest BCUT2D eigenvalue weighted by atomic mass is 10.1. The van der Waals surface area contributed by atoms with Gasteiger partial charge >= 0.3 is 0 Å². The molecule has 2 nitrogen and oxygen atoms in total. The Bertz CT molecular complexity index is 352. The van der Waals surface area contributed by atoms with E-state index in [9.17, 15) is 0 Å². The highest BCUT2D eigenvalue weighted by atomic mass is 32.1. The van der Waals surface area contributed by atoms with Gasteiger partial charge in [-0.25, -0.2) is 4.98 Å². The maximum Gasteiger partial charge on any atom is 0.0968 e. The molecule has 14 heavy (non-hydrogen) atoms. The summed E-state index contributed by atoms with van der Waals surface area (Å²) in [6.07, 6.45) is 1.28. The molecule has 1 aliphatic rings. The Morgan fingerprint density at radius 3 is 2.50 bits per heavy atom. The molecule has 0 bridgehead atoms. The van der Waals surface area contributed by atoms with Gasteiger partial charge in [-0.3, -0.25) is 0 Å². The highest BCUT2D eigenvalue weighted by molar-refractivity contribution is 7.12. The monoisotopic (exact) mass is 210 g/mol. The van der Waals surface area contributed by atoms with Crippen LogP contribution in [0.5, 0.6) is 0 Å². The maximum absolute atomic E-state index is 5.89. The third-order valence-electron chi connectivity index (χ3n) is 3.07. The van der Waals surface area contributed by atoms with Crippen molar-refractivity contribution < 1.29 is 0 Å². The molecule has 2 N–H and O–H groups in total. The summed E-state index contributed by atoms with van der Waals surface area (Å²) in [5.41, 5.74) is 7.49. The van der Waals surface area contributed by atoms with Crippen LogP contribution in [0.2, 0.25) is 0 Å². The second kappa shape index (κ2) is 3.04. The smallest absolute Gasteiger partial charge is 0.0968 e. The van der Waals surface area contributed by atoms with Gasteiger partial charge in [-0.2, -0.15) is 0 Å². The minimum absolute atomic E-state index is 0.128. The van der Waals surface area contributed by atoms with E-state index in [0.717, 1.165) is 5.69 Å². The first-order valence-electron chi connectivity index (χ1n) is 5.14. The first-order chi connectivity index (χ1) is 6.42. The second-order valence-corrected chi connectivity index (χ2v) is 6.10. The zero-order valence-electron chi connectivity index (χ0n) is 9.29. The summed E-state index contributed by atoms with van der Waals surface area (Å²) in [4.78, 5) is 5.88. The molecule has 0 spiro atoms. The van der Waals surface area contributed by atoms with Crippen LogP contribution < -0.4 is 5.73 Å². The quantitative estimate of drug-likeness (QED) is 0.815. The van der Waals surface area contributed by atoms with E-state index in [-0.39, 0.29) is 6.04 Å². The minimum atomic E-state index is 0.128. The lowest BCUT2D eigenvalue weighted by Gasteiger charge is -2.00. The SMILES string of the molecule is Cc1nc(C2CC2(C)C)sc1C(C)N. The number of hydrogen-bond donors (Lipinski definition) is 1. The van der Waals surface area contributed by atoms with Crippen molar-refractivity contribution in [2.75, 3.05) is 0 Å². The summed E-state index contributed by atoms with van der Waals surface area (Å²) in [5, 5.41) is 1.29. The third-order valence-corrected chi connectivity index (χ3v) is 4.55. The lowest BCUT2D eigenvalue weighted by molar-refractivity contribution is 0.620. The zero-order chi connectivity index (χ0) is 10.5. The highest BCUT2D eigenvalue weighted by Gasteiger charge is 2.48. The number of thiazole rings is 1. The summed E-state index contributed by atoms with van der Waals surface area (Å²) >= 11 is 1.80. The van der Waals surface area contributed by atoms with Crippen molar-refractivity contribution in [2.24, 2.45) is 11.1 Å². The highest BCUT2D eigenvalue weighted by Crippen LogP contribution is 2.59. The first kappa shape index (κ1) is 10.1. The molecule has 1 fully saturated rings. The molecular weight excluding hydrogens is 192 g/mol. The molecule has 0 radical (unpaired) electrons. The van der Waals surface area contributed by atoms with Gasteiger partial charge in [-0.15, -0.1) is 11.3 Å². The molecule has 0 amide bonds. The van der Waals surface area contributed by atoms with Crippen LogP contribution in [0.15, 0.2) is 0 Å². The van der Waals surface area contributed by atoms with Gasteiger partial charge in [0, 0.05) is 16.8 Å². The molecule has 1 heterocycles. The molecule has 1 aliphatic carbocycles. The van der Waals surface area contributed by atoms with Crippen LogP contribution in [0.3, 0.4) is 0 Å². The average molecular weight is 210 g/mol. The molecule has 78 valence electrons. The molecule has 0 aliphatic heterocycles. The van der Waals surface area contributed by atoms with Crippen molar-refractivity contribution in [1.29, 1.82) is 0 Å². The number of aryl methyl sites for hydroxylation is 1. The summed E-state index contributed by atoms with van der Waals surface area (Å²) in [5.74, 6) is 0.679. The Morgan fingerprint density at radius 2 is 2.14 bits per heavy atom. The molecule has 2 atom stereocenters. The Morgan fingerprint density at radius 1 is 1.57 bits per heavy atom. The van der Waals surface area contributed by atoms with Crippen LogP contribution in [0.1, 0.15) is 54.7 Å². The van der Waals surface area contributed by atoms with Gasteiger partial charge in [0.1, 0.15) is 0 Å². The zero-order valence-corrected chi connectivity index (χ0v) is 10.1. The predicted octanol–water partition coefficient (Wildman–Crippen LogP) is 2.98. The summed E-state index contributed by atoms with van der Waals surface area (Å²) in [6.45, 7) is 8.70. The molecule has 2 rings (SSSR count). The number of nitrogens with zero attached hydrogens (tertiary/aromatic N) is 1. The predicted molar refractivity (Wildman–Crippen MR) is 60.6 cm³/mol. The fourth-order valence-corrected chi connectivity index (χ4v) is 3.22. The summed E-state index contributed by atoms with van der Waals surface area (Å²) in [6, 6.07) is 0.128. The fraction of sp³-hybridized carbons (Fsp3) is 0.727. The normalized spacial score (nSPS) is 26.2. The van der Waals surface area contributed by atoms with Crippen molar-refractivity contribution in [3.63, 3.8) is 0 Å². The standard InChI is InChI=1S/C11H18N2S/c1-6(12)9-7(2)13-10(14-9)8-5-11(8,3)4/h6,8H,5,12H2,1-4H3. The number of rotatable bonds is 2. The van der Waals surface area contributed by atoms with Gasteiger partial charge in [-0.05, 0) is 25.7 Å². The molecule has 1 aromatic heterocycles. The van der Waals surface area contributed by atoms with E-state index in [4.69, 9.17) is 5.73 Å². The first-order valence-corrected chi connectivity index (χ1v) is 5.96. The Hall–Kier alpha value is -0.410. The van der Waals surface area contributed by atoms with Crippen LogP contribution >= 0.6 is 11.3 Å². The summed E-state index contributed by atoms with van der Waals surface area (Å²) < 4.78 is 0. The third kappa shape index (κ3) is 1.59. The van der Waals surface area contributed by atoms with Crippen LogP contribution in [0.25, 0.3) is 0 Å². The van der Waals surface area contributed by atoms with Crippen LogP contribution in [0.4, 0.5) is 0 Å². The largest absolute Gasteiger partial charge is 0.323 e. The average Bonchev–Trinajstić information content (AvgIpc) is 2.54. The Balaban J connectivity index is 2.26. The van der Waals surface area contributed by atoms with E-state index in [1.165, 1.54) is 16.3 Å². The molecule has 1 saturated carbocycles. The van der Waals surface area contributed by atoms with Crippen LogP contribution in [-0.4, -0.2) is 4.98 Å². The van der Waals surface area contributed by atoms with E-state index in [0.29, 0.717) is 11.3 Å². The van der Waals surface area contributed by atoms with E-state index in [1.54, 1.807) is 11.3 Å². The Kier molecular flexibility index (Phi) is 2.20. The van der Waals surface area contributed by atoms with Crippen LogP contribution in [0, 0.1) is 12.3 Å². The Labute approximate surface area is 89.5 Å². The molecule has 3 heteroatoms. The van der Waals surface area contributed by atoms with E-state index >= 15 is 0 Å². The molecular formula is C11H18N2S. The van der Waals surface area contributed by atoms with E-state index in [1.807, 2.05) is 6.92 Å². The van der Waals surface area contributed by atoms with Crippen LogP contribution in [-0.2, 0) is 0 Å². The maximum atomic E-state index is 5.89. The second-order valence-electron chi connectivity index (χ2n) is 5.04. The number of nitrogens with two attached hydrogens (primary N) is 1. The van der Waals surface area contributed by atoms with Gasteiger partial charge in [0.15, 0.2) is 0 Å². The van der Waals surface area contributed by atoms with Crippen molar-refractivity contribution >= 4 is 11.3 Å². The van der Waals surface area contributed by atoms with Gasteiger partial charge in [0.05, 0.1) is 10.7 Å². The molecule has 0 aromatic carbocycles. The van der Waals surface area contributed by atoms with E-state index < -0.39 is 0 Å². The van der Waals surface area contributed by atoms with Gasteiger partial charge < -0.3 is 5.73 Å². The van der Waals surface area contributed by atoms with Gasteiger partial charge in [0.25, 0.3) is 0 Å². The van der Waals surface area contributed by atoms with Gasteiger partial charge in [-0.1, -0.05) is 13.8 Å². The van der Waals surface area contributed by atoms with Crippen molar-refractivity contribution in [3.8, 4) is 0 Å². The van der Waals surface area contributed by atoms with E-state index in [2.05, 4.69) is 25.8 Å². The van der Waals surface area contributed by atoms with Gasteiger partial charge in [0.2, 0.25) is 0 Å². The minimum Gasteiger partial charge on any atom is -0.323 e. The molecule has 1 aromatic rings. The summed E-state index contributed by atoms with van der Waals surface area (Å²) in [7, 11) is 0. The van der Waals surface area contributed by atoms with Crippen molar-refractivity contribution in [3.05, 3.63) is 15.6 Å². The topological polar surface area (TPSA) is 38.9 Å². The van der Waals surface area contributed by atoms with Crippen molar-refractivity contribution in [1.82, 2.24) is 4.98 Å². The number of hydrogen-bond acceptors (Lipinski definition) is 3. The lowest BCUT2D eigenvalue weighted by Crippen LogP contribution is -2.03. The molecule has 2 unspecified atom stereocenters. The van der Waals surface area contributed by atoms with Crippen molar-refractivity contribution in [2.45, 2.75) is 46.1 Å². The fourth-order valence-electron chi connectivity index (χ4n) is 1.89.